The largest absolute Gasteiger partial charge is 0.424 e. The predicted octanol–water partition coefficient (Wildman–Crippen LogP) is 10.7. The summed E-state index contributed by atoms with van der Waals surface area (Å²) in [5.41, 5.74) is 3.30. The number of benzene rings is 2. The van der Waals surface area contributed by atoms with Crippen molar-refractivity contribution in [1.82, 2.24) is 4.98 Å². The van der Waals surface area contributed by atoms with Gasteiger partial charge in [-0.25, -0.2) is 9.18 Å². The molecule has 0 fully saturated rings. The normalized spacial score (nSPS) is 12.7. The minimum atomic E-state index is -1.98. The molecule has 4 heteroatoms. The van der Waals surface area contributed by atoms with Crippen LogP contribution in [0.15, 0.2) is 66.9 Å². The molecule has 0 aliphatic rings. The minimum Gasteiger partial charge on any atom is -0.424 e. The van der Waals surface area contributed by atoms with Gasteiger partial charge in [-0.05, 0) is 67.5 Å². The monoisotopic (exact) mass is 545 g/mol. The van der Waals surface area contributed by atoms with Crippen molar-refractivity contribution in [3.05, 3.63) is 72.4 Å². The first kappa shape index (κ1) is 31.5. The fourth-order valence-electron chi connectivity index (χ4n) is 5.05. The van der Waals surface area contributed by atoms with Crippen LogP contribution in [-0.4, -0.2) is 16.6 Å². The maximum absolute atomic E-state index is 15.1. The van der Waals surface area contributed by atoms with Crippen LogP contribution in [-0.2, 0) is 11.2 Å². The second kappa shape index (κ2) is 16.9. The van der Waals surface area contributed by atoms with E-state index in [9.17, 15) is 4.79 Å². The number of pyridine rings is 1. The first-order valence-corrected chi connectivity index (χ1v) is 15.5. The molecule has 40 heavy (non-hydrogen) atoms. The van der Waals surface area contributed by atoms with Crippen LogP contribution < -0.4 is 4.74 Å². The van der Waals surface area contributed by atoms with E-state index in [4.69, 9.17) is 9.72 Å². The topological polar surface area (TPSA) is 39.2 Å². The molecule has 3 rings (SSSR count). The Labute approximate surface area is 241 Å². The van der Waals surface area contributed by atoms with Gasteiger partial charge in [-0.15, -0.1) is 0 Å². The number of aromatic nitrogens is 1. The zero-order chi connectivity index (χ0) is 28.6. The zero-order valence-electron chi connectivity index (χ0n) is 24.9. The van der Waals surface area contributed by atoms with Gasteiger partial charge in [0.1, 0.15) is 5.75 Å². The molecule has 0 bridgehead atoms. The van der Waals surface area contributed by atoms with Crippen LogP contribution in [0, 0.1) is 0 Å². The maximum Gasteiger partial charge on any atom is 0.348 e. The Morgan fingerprint density at radius 1 is 0.750 bits per heavy atom. The molecule has 0 aliphatic heterocycles. The van der Waals surface area contributed by atoms with Crippen LogP contribution in [0.3, 0.4) is 0 Å². The van der Waals surface area contributed by atoms with E-state index in [1.54, 1.807) is 12.1 Å². The number of unbranched alkanes of at least 4 members (excludes halogenated alkanes) is 10. The van der Waals surface area contributed by atoms with Crippen molar-refractivity contribution in [2.45, 2.75) is 116 Å². The van der Waals surface area contributed by atoms with Gasteiger partial charge in [-0.2, -0.15) is 0 Å². The molecule has 1 unspecified atom stereocenters. The molecule has 3 aromatic rings. The van der Waals surface area contributed by atoms with Gasteiger partial charge in [0.2, 0.25) is 5.67 Å². The van der Waals surface area contributed by atoms with Crippen molar-refractivity contribution in [2.24, 2.45) is 0 Å². The molecule has 2 aromatic carbocycles. The van der Waals surface area contributed by atoms with Crippen LogP contribution >= 0.6 is 0 Å². The summed E-state index contributed by atoms with van der Waals surface area (Å²) in [5.74, 6) is -0.459. The van der Waals surface area contributed by atoms with E-state index in [1.165, 1.54) is 70.3 Å². The number of hydrogen-bond acceptors (Lipinski definition) is 3. The summed E-state index contributed by atoms with van der Waals surface area (Å²) >= 11 is 0. The number of rotatable bonds is 18. The summed E-state index contributed by atoms with van der Waals surface area (Å²) in [5, 5.41) is 0. The summed E-state index contributed by atoms with van der Waals surface area (Å²) in [6, 6.07) is 19.7. The van der Waals surface area contributed by atoms with Gasteiger partial charge in [-0.1, -0.05) is 121 Å². The van der Waals surface area contributed by atoms with Crippen LogP contribution in [0.1, 0.15) is 110 Å². The molecular formula is C36H48FNO2. The van der Waals surface area contributed by atoms with Crippen LogP contribution in [0.5, 0.6) is 5.75 Å². The number of nitrogens with zero attached hydrogens (tertiary/aromatic N) is 1. The molecule has 0 aliphatic carbocycles. The molecule has 0 spiro atoms. The summed E-state index contributed by atoms with van der Waals surface area (Å²) in [4.78, 5) is 17.3. The highest BCUT2D eigenvalue weighted by atomic mass is 19.1. The Hall–Kier alpha value is -3.01. The van der Waals surface area contributed by atoms with Crippen molar-refractivity contribution in [3.63, 3.8) is 0 Å². The van der Waals surface area contributed by atoms with Gasteiger partial charge < -0.3 is 4.74 Å². The van der Waals surface area contributed by atoms with Crippen molar-refractivity contribution in [1.29, 1.82) is 0 Å². The molecule has 1 atom stereocenters. The van der Waals surface area contributed by atoms with Crippen molar-refractivity contribution >= 4 is 5.97 Å². The summed E-state index contributed by atoms with van der Waals surface area (Å²) in [6.07, 6.45) is 17.2. The first-order chi connectivity index (χ1) is 19.4. The number of aryl methyl sites for hydroxylation is 1. The Kier molecular flexibility index (Phi) is 13.4. The molecule has 0 amide bonds. The average Bonchev–Trinajstić information content (AvgIpc) is 2.97. The van der Waals surface area contributed by atoms with E-state index >= 15 is 4.39 Å². The van der Waals surface area contributed by atoms with Crippen LogP contribution in [0.4, 0.5) is 4.39 Å². The van der Waals surface area contributed by atoms with Gasteiger partial charge in [0.15, 0.2) is 0 Å². The Morgan fingerprint density at radius 3 is 1.98 bits per heavy atom. The summed E-state index contributed by atoms with van der Waals surface area (Å²) in [6.45, 7) is 5.78. The lowest BCUT2D eigenvalue weighted by molar-refractivity contribution is -0.147. The smallest absolute Gasteiger partial charge is 0.348 e. The minimum absolute atomic E-state index is 0.191. The molecule has 0 saturated carbocycles. The van der Waals surface area contributed by atoms with Gasteiger partial charge in [0, 0.05) is 11.8 Å². The third kappa shape index (κ3) is 10.2. The fraction of sp³-hybridized carbons (Fsp3) is 0.500. The molecule has 0 radical (unpaired) electrons. The highest BCUT2D eigenvalue weighted by Crippen LogP contribution is 2.32. The van der Waals surface area contributed by atoms with Gasteiger partial charge in [-0.3, -0.25) is 4.98 Å². The Balaban J connectivity index is 1.55. The highest BCUT2D eigenvalue weighted by molar-refractivity contribution is 5.83. The van der Waals surface area contributed by atoms with Gasteiger partial charge >= 0.3 is 5.97 Å². The fourth-order valence-corrected chi connectivity index (χ4v) is 5.05. The number of halogens is 1. The van der Waals surface area contributed by atoms with Crippen LogP contribution in [0.2, 0.25) is 0 Å². The molecule has 1 heterocycles. The quantitative estimate of drug-likeness (QED) is 0.0906. The number of carbonyl (C=O) groups excluding carboxylic acids is 1. The number of alkyl halides is 1. The second-order valence-electron chi connectivity index (χ2n) is 11.2. The highest BCUT2D eigenvalue weighted by Gasteiger charge is 2.34. The van der Waals surface area contributed by atoms with Crippen molar-refractivity contribution in [3.8, 4) is 28.1 Å². The maximum atomic E-state index is 15.1. The molecule has 3 nitrogen and oxygen atoms in total. The Morgan fingerprint density at radius 2 is 1.35 bits per heavy atom. The van der Waals surface area contributed by atoms with Crippen molar-refractivity contribution < 1.29 is 13.9 Å². The predicted molar refractivity (Wildman–Crippen MR) is 165 cm³/mol. The van der Waals surface area contributed by atoms with E-state index in [-0.39, 0.29) is 6.42 Å². The van der Waals surface area contributed by atoms with E-state index in [0.29, 0.717) is 12.2 Å². The van der Waals surface area contributed by atoms with E-state index < -0.39 is 11.6 Å². The lowest BCUT2D eigenvalue weighted by Gasteiger charge is -2.18. The second-order valence-corrected chi connectivity index (χ2v) is 11.2. The number of esters is 1. The number of hydrogen-bond donors (Lipinski definition) is 0. The molecular weight excluding hydrogens is 497 g/mol. The van der Waals surface area contributed by atoms with Crippen molar-refractivity contribution in [2.75, 3.05) is 0 Å². The van der Waals surface area contributed by atoms with Gasteiger partial charge in [0.25, 0.3) is 0 Å². The van der Waals surface area contributed by atoms with E-state index in [0.717, 1.165) is 41.6 Å². The summed E-state index contributed by atoms with van der Waals surface area (Å²) in [7, 11) is 0. The first-order valence-electron chi connectivity index (χ1n) is 15.5. The van der Waals surface area contributed by atoms with Gasteiger partial charge in [0.05, 0.1) is 5.69 Å². The van der Waals surface area contributed by atoms with Crippen LogP contribution in [0.25, 0.3) is 22.4 Å². The lowest BCUT2D eigenvalue weighted by Crippen LogP contribution is -2.34. The average molecular weight is 546 g/mol. The molecule has 216 valence electrons. The third-order valence-corrected chi connectivity index (χ3v) is 7.65. The molecule has 0 N–H and O–H groups in total. The zero-order valence-corrected chi connectivity index (χ0v) is 24.9. The number of ether oxygens (including phenoxy) is 1. The standard InChI is InChI=1S/C36H48FNO2/c1-4-6-8-10-11-12-13-17-27-36(3,37)35(39)40-31-24-22-30(23-25-31)32-19-15-16-20-33(32)34-26-21-29(28-38-34)18-14-9-7-5-2/h15-16,19-26,28H,4-14,17-18,27H2,1-3H3. The number of carbonyl (C=O) groups is 1. The Bertz CT molecular complexity index is 1140. The molecule has 1 aromatic heterocycles. The SMILES string of the molecule is CCCCCCCCCCC(C)(F)C(=O)Oc1ccc(-c2ccccc2-c2ccc(CCCCCC)cn2)cc1. The summed E-state index contributed by atoms with van der Waals surface area (Å²) < 4.78 is 20.5. The molecule has 0 saturated heterocycles. The lowest BCUT2D eigenvalue weighted by atomic mass is 9.96. The van der Waals surface area contributed by atoms with E-state index in [2.05, 4.69) is 38.1 Å². The third-order valence-electron chi connectivity index (χ3n) is 7.65. The van der Waals surface area contributed by atoms with E-state index in [1.807, 2.05) is 30.5 Å².